The summed E-state index contributed by atoms with van der Waals surface area (Å²) in [6.45, 7) is 9.27. The number of carbonyl (C=O) groups excluding carboxylic acids is 2. The molecule has 0 spiro atoms. The number of benzene rings is 3. The van der Waals surface area contributed by atoms with Gasteiger partial charge < -0.3 is 18.9 Å². The van der Waals surface area contributed by atoms with Gasteiger partial charge in [-0.05, 0) is 99.0 Å². The first kappa shape index (κ1) is 39.4. The molecule has 266 valence electrons. The molecule has 0 aromatic heterocycles. The highest BCUT2D eigenvalue weighted by atomic mass is 16.7. The molecular formula is C41H56N2O6. The van der Waals surface area contributed by atoms with Gasteiger partial charge >= 0.3 is 11.9 Å². The second kappa shape index (κ2) is 23.3. The second-order valence-corrected chi connectivity index (χ2v) is 12.5. The van der Waals surface area contributed by atoms with Gasteiger partial charge in [0.15, 0.2) is 6.29 Å². The van der Waals surface area contributed by atoms with E-state index in [1.54, 1.807) is 43.3 Å². The van der Waals surface area contributed by atoms with Crippen molar-refractivity contribution < 1.29 is 28.5 Å². The molecule has 3 rings (SSSR count). The summed E-state index contributed by atoms with van der Waals surface area (Å²) in [6.07, 6.45) is 16.5. The van der Waals surface area contributed by atoms with Crippen molar-refractivity contribution in [1.82, 2.24) is 0 Å². The van der Waals surface area contributed by atoms with Crippen molar-refractivity contribution in [3.8, 4) is 11.5 Å². The summed E-state index contributed by atoms with van der Waals surface area (Å²) in [5.74, 6) is 0.214. The maximum absolute atomic E-state index is 12.8. The van der Waals surface area contributed by atoms with E-state index in [0.717, 1.165) is 42.9 Å². The van der Waals surface area contributed by atoms with E-state index in [1.165, 1.54) is 70.6 Å². The largest absolute Gasteiger partial charge is 0.494 e. The second-order valence-electron chi connectivity index (χ2n) is 12.5. The number of aryl methyl sites for hydroxylation is 1. The molecule has 3 aromatic carbocycles. The molecule has 0 heterocycles. The fraction of sp³-hybridized carbons (Fsp3) is 0.512. The Morgan fingerprint density at radius 1 is 0.612 bits per heavy atom. The predicted molar refractivity (Wildman–Crippen MR) is 196 cm³/mol. The minimum atomic E-state index is -0.646. The van der Waals surface area contributed by atoms with Crippen molar-refractivity contribution in [2.75, 3.05) is 13.2 Å². The van der Waals surface area contributed by atoms with Gasteiger partial charge in [-0.1, -0.05) is 90.9 Å². The Morgan fingerprint density at radius 2 is 1.12 bits per heavy atom. The lowest BCUT2D eigenvalue weighted by Gasteiger charge is -2.14. The van der Waals surface area contributed by atoms with Gasteiger partial charge in [-0.3, -0.25) is 0 Å². The summed E-state index contributed by atoms with van der Waals surface area (Å²) in [7, 11) is 0. The van der Waals surface area contributed by atoms with Crippen molar-refractivity contribution in [1.29, 1.82) is 0 Å². The molecule has 0 amide bonds. The maximum Gasteiger partial charge on any atom is 0.343 e. The first-order valence-electron chi connectivity index (χ1n) is 18.3. The Kier molecular flexibility index (Phi) is 18.8. The highest BCUT2D eigenvalue weighted by molar-refractivity contribution is 5.94. The first-order valence-corrected chi connectivity index (χ1v) is 18.3. The number of hydrogen-bond acceptors (Lipinski definition) is 8. The van der Waals surface area contributed by atoms with Gasteiger partial charge in [-0.25, -0.2) is 9.59 Å². The molecule has 0 saturated carbocycles. The van der Waals surface area contributed by atoms with Crippen LogP contribution in [0.3, 0.4) is 0 Å². The van der Waals surface area contributed by atoms with E-state index in [2.05, 4.69) is 24.1 Å². The zero-order valence-electron chi connectivity index (χ0n) is 30.1. The van der Waals surface area contributed by atoms with E-state index in [-0.39, 0.29) is 0 Å². The molecule has 0 bridgehead atoms. The highest BCUT2D eigenvalue weighted by Crippen LogP contribution is 2.27. The van der Waals surface area contributed by atoms with E-state index in [0.29, 0.717) is 29.2 Å². The summed E-state index contributed by atoms with van der Waals surface area (Å²) in [4.78, 5) is 25.3. The summed E-state index contributed by atoms with van der Waals surface area (Å²) in [5.41, 5.74) is 2.75. The van der Waals surface area contributed by atoms with Crippen LogP contribution in [0.25, 0.3) is 0 Å². The Bertz CT molecular complexity index is 1400. The molecule has 0 aliphatic rings. The van der Waals surface area contributed by atoms with Gasteiger partial charge in [0.2, 0.25) is 0 Å². The Labute approximate surface area is 293 Å². The monoisotopic (exact) mass is 672 g/mol. The lowest BCUT2D eigenvalue weighted by molar-refractivity contribution is -0.0987. The number of azo groups is 1. The van der Waals surface area contributed by atoms with Crippen LogP contribution in [0, 0.1) is 6.92 Å². The molecule has 0 fully saturated rings. The minimum absolute atomic E-state index is 0.317. The van der Waals surface area contributed by atoms with Crippen LogP contribution >= 0.6 is 0 Å². The lowest BCUT2D eigenvalue weighted by atomic mass is 10.1. The van der Waals surface area contributed by atoms with Crippen LogP contribution in [0.4, 0.5) is 11.4 Å². The number of ether oxygens (including phenoxy) is 4. The molecule has 1 atom stereocenters. The van der Waals surface area contributed by atoms with Crippen LogP contribution in [0.1, 0.15) is 137 Å². The molecule has 3 aromatic rings. The van der Waals surface area contributed by atoms with Crippen LogP contribution in [-0.2, 0) is 9.47 Å². The van der Waals surface area contributed by atoms with E-state index in [1.807, 2.05) is 37.3 Å². The third-order valence-electron chi connectivity index (χ3n) is 8.23. The number of hydrogen-bond donors (Lipinski definition) is 0. The molecule has 8 nitrogen and oxygen atoms in total. The van der Waals surface area contributed by atoms with E-state index in [9.17, 15) is 9.59 Å². The molecule has 0 aliphatic carbocycles. The maximum atomic E-state index is 12.8. The highest BCUT2D eigenvalue weighted by Gasteiger charge is 2.15. The third kappa shape index (κ3) is 15.8. The van der Waals surface area contributed by atoms with Crippen LogP contribution in [0.15, 0.2) is 77.0 Å². The summed E-state index contributed by atoms with van der Waals surface area (Å²) in [5, 5.41) is 8.68. The molecule has 1 unspecified atom stereocenters. The minimum Gasteiger partial charge on any atom is -0.494 e. The summed E-state index contributed by atoms with van der Waals surface area (Å²) < 4.78 is 22.5. The van der Waals surface area contributed by atoms with Crippen LogP contribution in [0.2, 0.25) is 0 Å². The topological polar surface area (TPSA) is 95.8 Å². The fourth-order valence-corrected chi connectivity index (χ4v) is 5.25. The molecule has 0 radical (unpaired) electrons. The average molecular weight is 673 g/mol. The molecule has 0 aliphatic heterocycles. The van der Waals surface area contributed by atoms with Crippen molar-refractivity contribution in [3.05, 3.63) is 83.4 Å². The van der Waals surface area contributed by atoms with Crippen LogP contribution in [0.5, 0.6) is 11.5 Å². The Balaban J connectivity index is 1.39. The fourth-order valence-electron chi connectivity index (χ4n) is 5.25. The Hall–Kier alpha value is -4.04. The SMILES string of the molecule is CCCCCCCCCCOc1ccc(N=Nc2ccc(OC(=O)c3ccc(C(=O)OC(C)OCCCCCCCC)cc3)c(C)c2)cc1. The third-order valence-corrected chi connectivity index (χ3v) is 8.23. The molecule has 0 N–H and O–H groups in total. The molecular weight excluding hydrogens is 616 g/mol. The van der Waals surface area contributed by atoms with Gasteiger partial charge in [-0.15, -0.1) is 0 Å². The summed E-state index contributed by atoms with van der Waals surface area (Å²) >= 11 is 0. The number of nitrogens with zero attached hydrogens (tertiary/aromatic N) is 2. The zero-order valence-corrected chi connectivity index (χ0v) is 30.1. The lowest BCUT2D eigenvalue weighted by Crippen LogP contribution is -2.19. The predicted octanol–water partition coefficient (Wildman–Crippen LogP) is 12.0. The molecule has 49 heavy (non-hydrogen) atoms. The number of esters is 2. The van der Waals surface area contributed by atoms with Crippen molar-refractivity contribution in [2.45, 2.75) is 124 Å². The smallest absolute Gasteiger partial charge is 0.343 e. The number of unbranched alkanes of at least 4 members (excludes halogenated alkanes) is 12. The first-order chi connectivity index (χ1) is 23.9. The van der Waals surface area contributed by atoms with Gasteiger partial charge in [0, 0.05) is 0 Å². The van der Waals surface area contributed by atoms with Crippen molar-refractivity contribution in [3.63, 3.8) is 0 Å². The van der Waals surface area contributed by atoms with E-state index >= 15 is 0 Å². The van der Waals surface area contributed by atoms with Crippen LogP contribution in [-0.4, -0.2) is 31.4 Å². The zero-order chi connectivity index (χ0) is 35.1. The van der Waals surface area contributed by atoms with Gasteiger partial charge in [0.1, 0.15) is 11.5 Å². The van der Waals surface area contributed by atoms with Gasteiger partial charge in [-0.2, -0.15) is 10.2 Å². The van der Waals surface area contributed by atoms with E-state index in [4.69, 9.17) is 18.9 Å². The molecule has 0 saturated heterocycles. The Morgan fingerprint density at radius 3 is 1.71 bits per heavy atom. The van der Waals surface area contributed by atoms with E-state index < -0.39 is 18.2 Å². The van der Waals surface area contributed by atoms with Gasteiger partial charge in [0.25, 0.3) is 0 Å². The normalized spacial score (nSPS) is 11.8. The standard InChI is InChI=1S/C41H56N2O6/c1-5-7-9-11-13-14-16-18-30-47-38-26-23-36(24-27-38)42-43-37-25-28-39(32(3)31-37)49-41(45)35-21-19-34(20-22-35)40(44)48-33(4)46-29-17-15-12-10-8-6-2/h19-28,31,33H,5-18,29-30H2,1-4H3. The van der Waals surface area contributed by atoms with Crippen molar-refractivity contribution in [2.24, 2.45) is 10.2 Å². The average Bonchev–Trinajstić information content (AvgIpc) is 3.11. The number of rotatable bonds is 24. The quantitative estimate of drug-likeness (QED) is 0.0309. The van der Waals surface area contributed by atoms with Gasteiger partial charge in [0.05, 0.1) is 35.7 Å². The summed E-state index contributed by atoms with van der Waals surface area (Å²) in [6, 6.07) is 19.0. The van der Waals surface area contributed by atoms with Crippen LogP contribution < -0.4 is 9.47 Å². The van der Waals surface area contributed by atoms with Crippen molar-refractivity contribution >= 4 is 23.3 Å². The number of carbonyl (C=O) groups is 2. The molecule has 8 heteroatoms.